The van der Waals surface area contributed by atoms with Crippen molar-refractivity contribution in [1.82, 2.24) is 10.2 Å². The van der Waals surface area contributed by atoms with Crippen LogP contribution in [0.15, 0.2) is 36.4 Å². The van der Waals surface area contributed by atoms with Crippen molar-refractivity contribution in [2.24, 2.45) is 5.73 Å². The Morgan fingerprint density at radius 3 is 2.65 bits per heavy atom. The smallest absolute Gasteiger partial charge is 0.271 e. The topological polar surface area (TPSA) is 104 Å². The SMILES string of the molecule is COc1cc(F)ccc1CCCc1cccc2c(N)c(C(N)=O)nnc12. The highest BCUT2D eigenvalue weighted by Crippen LogP contribution is 2.26. The Hall–Kier alpha value is -3.22. The van der Waals surface area contributed by atoms with E-state index in [0.29, 0.717) is 16.7 Å². The zero-order valence-electron chi connectivity index (χ0n) is 14.3. The quantitative estimate of drug-likeness (QED) is 0.708. The number of anilines is 1. The maximum Gasteiger partial charge on any atom is 0.271 e. The predicted molar refractivity (Wildman–Crippen MR) is 97.4 cm³/mol. The maximum absolute atomic E-state index is 13.3. The van der Waals surface area contributed by atoms with E-state index < -0.39 is 5.91 Å². The van der Waals surface area contributed by atoms with Gasteiger partial charge in [-0.3, -0.25) is 4.79 Å². The molecule has 0 bridgehead atoms. The van der Waals surface area contributed by atoms with Gasteiger partial charge in [0.05, 0.1) is 18.3 Å². The molecular formula is C19H19FN4O2. The van der Waals surface area contributed by atoms with E-state index >= 15 is 0 Å². The van der Waals surface area contributed by atoms with Gasteiger partial charge in [0.1, 0.15) is 11.6 Å². The van der Waals surface area contributed by atoms with Crippen LogP contribution >= 0.6 is 0 Å². The molecule has 4 N–H and O–H groups in total. The first-order valence-corrected chi connectivity index (χ1v) is 8.17. The lowest BCUT2D eigenvalue weighted by molar-refractivity contribution is 0.0995. The third-order valence-corrected chi connectivity index (χ3v) is 4.29. The van der Waals surface area contributed by atoms with Gasteiger partial charge in [0.25, 0.3) is 5.91 Å². The van der Waals surface area contributed by atoms with Gasteiger partial charge in [0.2, 0.25) is 0 Å². The molecule has 1 amide bonds. The summed E-state index contributed by atoms with van der Waals surface area (Å²) < 4.78 is 18.5. The zero-order chi connectivity index (χ0) is 18.7. The number of amides is 1. The van der Waals surface area contributed by atoms with Crippen molar-refractivity contribution >= 4 is 22.5 Å². The predicted octanol–water partition coefficient (Wildman–Crippen LogP) is 2.63. The Balaban J connectivity index is 1.82. The van der Waals surface area contributed by atoms with Crippen LogP contribution in [-0.4, -0.2) is 23.2 Å². The second-order valence-electron chi connectivity index (χ2n) is 5.95. The van der Waals surface area contributed by atoms with Gasteiger partial charge in [-0.2, -0.15) is 0 Å². The summed E-state index contributed by atoms with van der Waals surface area (Å²) in [4.78, 5) is 11.4. The van der Waals surface area contributed by atoms with Crippen LogP contribution in [0.3, 0.4) is 0 Å². The first-order chi connectivity index (χ1) is 12.5. The lowest BCUT2D eigenvalue weighted by atomic mass is 10.0. The molecule has 0 aliphatic carbocycles. The van der Waals surface area contributed by atoms with E-state index in [2.05, 4.69) is 10.2 Å². The fourth-order valence-corrected chi connectivity index (χ4v) is 2.99. The number of benzene rings is 2. The van der Waals surface area contributed by atoms with Crippen molar-refractivity contribution in [3.63, 3.8) is 0 Å². The number of aromatic nitrogens is 2. The summed E-state index contributed by atoms with van der Waals surface area (Å²) >= 11 is 0. The van der Waals surface area contributed by atoms with Crippen LogP contribution in [0.2, 0.25) is 0 Å². The molecule has 0 radical (unpaired) electrons. The molecule has 0 unspecified atom stereocenters. The van der Waals surface area contributed by atoms with Crippen LogP contribution in [0.4, 0.5) is 10.1 Å². The van der Waals surface area contributed by atoms with Gasteiger partial charge >= 0.3 is 0 Å². The standard InChI is InChI=1S/C19H19FN4O2/c1-26-15-10-13(20)9-8-11(15)4-2-5-12-6-3-7-14-16(21)18(19(22)25)24-23-17(12)14/h3,6-10H,2,4-5H2,1H3,(H2,21,23)(H2,22,25). The molecule has 3 aromatic rings. The molecule has 26 heavy (non-hydrogen) atoms. The second kappa shape index (κ2) is 7.35. The number of rotatable bonds is 6. The van der Waals surface area contributed by atoms with E-state index in [4.69, 9.17) is 16.2 Å². The van der Waals surface area contributed by atoms with Gasteiger partial charge < -0.3 is 16.2 Å². The van der Waals surface area contributed by atoms with Gasteiger partial charge in [0.15, 0.2) is 5.69 Å². The number of methoxy groups -OCH3 is 1. The van der Waals surface area contributed by atoms with Crippen molar-refractivity contribution in [3.8, 4) is 5.75 Å². The van der Waals surface area contributed by atoms with Gasteiger partial charge in [-0.05, 0) is 36.5 Å². The molecule has 2 aromatic carbocycles. The average molecular weight is 354 g/mol. The largest absolute Gasteiger partial charge is 0.496 e. The fourth-order valence-electron chi connectivity index (χ4n) is 2.99. The molecule has 6 nitrogen and oxygen atoms in total. The number of hydrogen-bond acceptors (Lipinski definition) is 5. The number of ether oxygens (including phenoxy) is 1. The number of carbonyl (C=O) groups excluding carboxylic acids is 1. The zero-order valence-corrected chi connectivity index (χ0v) is 14.3. The lowest BCUT2D eigenvalue weighted by Crippen LogP contribution is -2.17. The Kier molecular flexibility index (Phi) is 4.97. The minimum absolute atomic E-state index is 0.0225. The summed E-state index contributed by atoms with van der Waals surface area (Å²) in [6.45, 7) is 0. The highest BCUT2D eigenvalue weighted by molar-refractivity contribution is 6.04. The number of aryl methyl sites for hydroxylation is 2. The molecule has 0 aliphatic rings. The van der Waals surface area contributed by atoms with Crippen LogP contribution in [0.25, 0.3) is 10.9 Å². The second-order valence-corrected chi connectivity index (χ2v) is 5.95. The first kappa shape index (κ1) is 17.6. The number of carbonyl (C=O) groups is 1. The van der Waals surface area contributed by atoms with Crippen LogP contribution in [0.1, 0.15) is 28.0 Å². The summed E-state index contributed by atoms with van der Waals surface area (Å²) in [7, 11) is 1.53. The summed E-state index contributed by atoms with van der Waals surface area (Å²) in [6, 6.07) is 10.1. The van der Waals surface area contributed by atoms with E-state index in [0.717, 1.165) is 30.4 Å². The van der Waals surface area contributed by atoms with Crippen LogP contribution in [0, 0.1) is 5.82 Å². The molecule has 0 atom stereocenters. The van der Waals surface area contributed by atoms with E-state index in [1.54, 1.807) is 12.1 Å². The number of primary amides is 1. The van der Waals surface area contributed by atoms with Gasteiger partial charge in [-0.1, -0.05) is 24.3 Å². The van der Waals surface area contributed by atoms with E-state index in [1.165, 1.54) is 19.2 Å². The van der Waals surface area contributed by atoms with Gasteiger partial charge in [0, 0.05) is 11.5 Å². The molecule has 3 rings (SSSR count). The Labute approximate surface area is 150 Å². The monoisotopic (exact) mass is 354 g/mol. The van der Waals surface area contributed by atoms with E-state index in [9.17, 15) is 9.18 Å². The highest BCUT2D eigenvalue weighted by Gasteiger charge is 2.14. The number of halogens is 1. The van der Waals surface area contributed by atoms with Crippen LogP contribution < -0.4 is 16.2 Å². The van der Waals surface area contributed by atoms with Gasteiger partial charge in [-0.15, -0.1) is 10.2 Å². The molecule has 0 saturated carbocycles. The number of nitrogen functional groups attached to an aromatic ring is 1. The van der Waals surface area contributed by atoms with Gasteiger partial charge in [-0.25, -0.2) is 4.39 Å². The van der Waals surface area contributed by atoms with E-state index in [1.807, 2.05) is 12.1 Å². The molecule has 0 fully saturated rings. The number of fused-ring (bicyclic) bond motifs is 1. The minimum atomic E-state index is -0.703. The third-order valence-electron chi connectivity index (χ3n) is 4.29. The summed E-state index contributed by atoms with van der Waals surface area (Å²) in [6.07, 6.45) is 2.25. The first-order valence-electron chi connectivity index (χ1n) is 8.17. The van der Waals surface area contributed by atoms with Crippen molar-refractivity contribution in [1.29, 1.82) is 0 Å². The molecular weight excluding hydrogens is 335 g/mol. The summed E-state index contributed by atoms with van der Waals surface area (Å²) in [5.41, 5.74) is 14.1. The molecule has 134 valence electrons. The minimum Gasteiger partial charge on any atom is -0.496 e. The third kappa shape index (κ3) is 3.42. The number of nitrogens with two attached hydrogens (primary N) is 2. The molecule has 7 heteroatoms. The number of hydrogen-bond donors (Lipinski definition) is 2. The summed E-state index contributed by atoms with van der Waals surface area (Å²) in [5, 5.41) is 8.65. The van der Waals surface area contributed by atoms with Crippen molar-refractivity contribution in [3.05, 3.63) is 59.0 Å². The normalized spacial score (nSPS) is 10.8. The van der Waals surface area contributed by atoms with Crippen molar-refractivity contribution < 1.29 is 13.9 Å². The fraction of sp³-hybridized carbons (Fsp3) is 0.211. The molecule has 1 heterocycles. The molecule has 0 aliphatic heterocycles. The average Bonchev–Trinajstić information content (AvgIpc) is 2.63. The maximum atomic E-state index is 13.3. The summed E-state index contributed by atoms with van der Waals surface area (Å²) in [5.74, 6) is -0.487. The Morgan fingerprint density at radius 2 is 1.92 bits per heavy atom. The van der Waals surface area contributed by atoms with Crippen LogP contribution in [0.5, 0.6) is 5.75 Å². The Morgan fingerprint density at radius 1 is 1.15 bits per heavy atom. The van der Waals surface area contributed by atoms with Crippen molar-refractivity contribution in [2.45, 2.75) is 19.3 Å². The number of nitrogens with zero attached hydrogens (tertiary/aromatic N) is 2. The van der Waals surface area contributed by atoms with Crippen LogP contribution in [-0.2, 0) is 12.8 Å². The molecule has 0 spiro atoms. The molecule has 0 saturated heterocycles. The van der Waals surface area contributed by atoms with Crippen molar-refractivity contribution in [2.75, 3.05) is 12.8 Å². The van der Waals surface area contributed by atoms with E-state index in [-0.39, 0.29) is 17.2 Å². The lowest BCUT2D eigenvalue weighted by Gasteiger charge is -2.10. The molecule has 1 aromatic heterocycles. The Bertz CT molecular complexity index is 975. The highest BCUT2D eigenvalue weighted by atomic mass is 19.1.